The molecule has 0 heterocycles. The Kier molecular flexibility index (Phi) is 26.0. The van der Waals surface area contributed by atoms with E-state index in [0.29, 0.717) is 18.8 Å². The summed E-state index contributed by atoms with van der Waals surface area (Å²) >= 11 is 0. The van der Waals surface area contributed by atoms with E-state index in [1.807, 2.05) is 0 Å². The van der Waals surface area contributed by atoms with Crippen LogP contribution < -0.4 is 0 Å². The zero-order chi connectivity index (χ0) is 23.6. The molecule has 6 nitrogen and oxygen atoms in total. The van der Waals surface area contributed by atoms with Crippen LogP contribution in [0.1, 0.15) is 110 Å². The predicted molar refractivity (Wildman–Crippen MR) is 125 cm³/mol. The van der Waals surface area contributed by atoms with Gasteiger partial charge in [0, 0.05) is 18.2 Å². The van der Waals surface area contributed by atoms with Crippen molar-refractivity contribution in [1.82, 2.24) is 0 Å². The standard InChI is InChI=1S/C21H40O2.C4H4O4/c1-3-5-6-7-8-9-10-11-12-13-14-15-16-17-18-19-20-23-21(22)4-2;5-3(6)1-2-4(7)8/h4H,2-3,5-20H2,1H3;1-2H,(H,5,6)(H,7,8). The van der Waals surface area contributed by atoms with Crippen molar-refractivity contribution < 1.29 is 29.3 Å². The van der Waals surface area contributed by atoms with Crippen molar-refractivity contribution in [3.05, 3.63) is 24.8 Å². The van der Waals surface area contributed by atoms with Gasteiger partial charge < -0.3 is 14.9 Å². The molecule has 0 aromatic carbocycles. The van der Waals surface area contributed by atoms with Crippen LogP contribution in [0.25, 0.3) is 0 Å². The molecule has 180 valence electrons. The average Bonchev–Trinajstić information content (AvgIpc) is 2.74. The third-order valence-corrected chi connectivity index (χ3v) is 4.78. The Balaban J connectivity index is 0. The van der Waals surface area contributed by atoms with Crippen molar-refractivity contribution in [2.24, 2.45) is 0 Å². The fourth-order valence-corrected chi connectivity index (χ4v) is 3.02. The van der Waals surface area contributed by atoms with Crippen LogP contribution in [0, 0.1) is 0 Å². The highest BCUT2D eigenvalue weighted by molar-refractivity contribution is 5.89. The number of carbonyl (C=O) groups excluding carboxylic acids is 1. The van der Waals surface area contributed by atoms with Gasteiger partial charge in [-0.2, -0.15) is 0 Å². The van der Waals surface area contributed by atoms with Crippen LogP contribution in [0.3, 0.4) is 0 Å². The van der Waals surface area contributed by atoms with Gasteiger partial charge in [0.2, 0.25) is 0 Å². The first kappa shape index (κ1) is 31.1. The number of hydrogen-bond donors (Lipinski definition) is 2. The van der Waals surface area contributed by atoms with Gasteiger partial charge in [0.05, 0.1) is 6.61 Å². The Labute approximate surface area is 188 Å². The number of carbonyl (C=O) groups is 3. The fraction of sp³-hybridized carbons (Fsp3) is 0.720. The van der Waals surface area contributed by atoms with E-state index in [2.05, 4.69) is 13.5 Å². The van der Waals surface area contributed by atoms with Gasteiger partial charge in [0.15, 0.2) is 0 Å². The zero-order valence-corrected chi connectivity index (χ0v) is 19.5. The number of hydrogen-bond acceptors (Lipinski definition) is 4. The molecular formula is C25H44O6. The summed E-state index contributed by atoms with van der Waals surface area (Å²) in [4.78, 5) is 29.9. The van der Waals surface area contributed by atoms with Gasteiger partial charge in [-0.05, 0) is 6.42 Å². The lowest BCUT2D eigenvalue weighted by Gasteiger charge is -2.04. The summed E-state index contributed by atoms with van der Waals surface area (Å²) in [7, 11) is 0. The molecule has 0 rings (SSSR count). The lowest BCUT2D eigenvalue weighted by atomic mass is 10.0. The summed E-state index contributed by atoms with van der Waals surface area (Å²) in [5, 5.41) is 15.6. The molecule has 0 amide bonds. The molecule has 0 aliphatic carbocycles. The molecule has 0 bridgehead atoms. The Morgan fingerprint density at radius 3 is 1.26 bits per heavy atom. The van der Waals surface area contributed by atoms with Crippen molar-refractivity contribution >= 4 is 17.9 Å². The van der Waals surface area contributed by atoms with E-state index in [9.17, 15) is 14.4 Å². The first-order chi connectivity index (χ1) is 14.9. The van der Waals surface area contributed by atoms with Gasteiger partial charge in [0.25, 0.3) is 0 Å². The van der Waals surface area contributed by atoms with Gasteiger partial charge in [0.1, 0.15) is 0 Å². The van der Waals surface area contributed by atoms with Crippen LogP contribution in [0.15, 0.2) is 24.8 Å². The number of ether oxygens (including phenoxy) is 1. The first-order valence-corrected chi connectivity index (χ1v) is 11.9. The molecule has 0 saturated carbocycles. The monoisotopic (exact) mass is 440 g/mol. The fourth-order valence-electron chi connectivity index (χ4n) is 3.02. The van der Waals surface area contributed by atoms with Crippen molar-refractivity contribution in [2.75, 3.05) is 6.61 Å². The average molecular weight is 441 g/mol. The molecule has 6 heteroatoms. The molecule has 2 N–H and O–H groups in total. The quantitative estimate of drug-likeness (QED) is 0.124. The van der Waals surface area contributed by atoms with E-state index in [1.54, 1.807) is 0 Å². The molecule has 0 aliphatic heterocycles. The van der Waals surface area contributed by atoms with Crippen molar-refractivity contribution in [3.8, 4) is 0 Å². The minimum Gasteiger partial charge on any atom is -0.478 e. The molecule has 0 fully saturated rings. The smallest absolute Gasteiger partial charge is 0.330 e. The van der Waals surface area contributed by atoms with E-state index in [0.717, 1.165) is 6.42 Å². The van der Waals surface area contributed by atoms with Gasteiger partial charge in [-0.15, -0.1) is 0 Å². The number of unbranched alkanes of at least 4 members (excludes halogenated alkanes) is 15. The number of esters is 1. The molecule has 0 spiro atoms. The molecule has 0 aromatic heterocycles. The van der Waals surface area contributed by atoms with Crippen LogP contribution in [0.2, 0.25) is 0 Å². The number of aliphatic carboxylic acids is 2. The van der Waals surface area contributed by atoms with E-state index in [1.165, 1.54) is 102 Å². The Bertz CT molecular complexity index is 468. The molecule has 0 aliphatic rings. The topological polar surface area (TPSA) is 101 Å². The number of carboxylic acids is 2. The molecule has 31 heavy (non-hydrogen) atoms. The molecule has 0 unspecified atom stereocenters. The molecule has 0 saturated heterocycles. The lowest BCUT2D eigenvalue weighted by Crippen LogP contribution is -2.01. The van der Waals surface area contributed by atoms with Gasteiger partial charge in [-0.3, -0.25) is 0 Å². The summed E-state index contributed by atoms with van der Waals surface area (Å²) in [6, 6.07) is 0. The SMILES string of the molecule is C=CC(=O)OCCCCCCCCCCCCCCCCCC.O=C(O)C=CC(=O)O. The van der Waals surface area contributed by atoms with Crippen molar-refractivity contribution in [3.63, 3.8) is 0 Å². The first-order valence-electron chi connectivity index (χ1n) is 11.9. The Morgan fingerprint density at radius 2 is 0.968 bits per heavy atom. The zero-order valence-electron chi connectivity index (χ0n) is 19.5. The van der Waals surface area contributed by atoms with E-state index in [4.69, 9.17) is 14.9 Å². The predicted octanol–water partition coefficient (Wildman–Crippen LogP) is 6.69. The van der Waals surface area contributed by atoms with Crippen LogP contribution in [0.5, 0.6) is 0 Å². The Hall–Kier alpha value is -2.11. The number of rotatable bonds is 20. The third-order valence-electron chi connectivity index (χ3n) is 4.78. The van der Waals surface area contributed by atoms with Gasteiger partial charge >= 0.3 is 17.9 Å². The second-order valence-corrected chi connectivity index (χ2v) is 7.68. The van der Waals surface area contributed by atoms with E-state index in [-0.39, 0.29) is 5.97 Å². The molecule has 0 aromatic rings. The second-order valence-electron chi connectivity index (χ2n) is 7.68. The molecular weight excluding hydrogens is 396 g/mol. The summed E-state index contributed by atoms with van der Waals surface area (Å²) in [6.07, 6.45) is 24.1. The molecule has 0 atom stereocenters. The van der Waals surface area contributed by atoms with Gasteiger partial charge in [-0.1, -0.05) is 110 Å². The maximum Gasteiger partial charge on any atom is 0.330 e. The highest BCUT2D eigenvalue weighted by Crippen LogP contribution is 2.13. The summed E-state index contributed by atoms with van der Waals surface area (Å²) in [6.45, 7) is 6.20. The number of carboxylic acid groups (broad SMARTS) is 2. The summed E-state index contributed by atoms with van der Waals surface area (Å²) in [5.74, 6) is -2.81. The highest BCUT2D eigenvalue weighted by Gasteiger charge is 1.96. The largest absolute Gasteiger partial charge is 0.478 e. The van der Waals surface area contributed by atoms with Crippen molar-refractivity contribution in [1.29, 1.82) is 0 Å². The lowest BCUT2D eigenvalue weighted by molar-refractivity contribution is -0.138. The normalized spacial score (nSPS) is 10.4. The van der Waals surface area contributed by atoms with Crippen molar-refractivity contribution in [2.45, 2.75) is 110 Å². The van der Waals surface area contributed by atoms with Crippen LogP contribution in [-0.2, 0) is 19.1 Å². The second kappa shape index (κ2) is 25.9. The highest BCUT2D eigenvalue weighted by atomic mass is 16.5. The van der Waals surface area contributed by atoms with Crippen LogP contribution in [-0.4, -0.2) is 34.7 Å². The third kappa shape index (κ3) is 32.8. The van der Waals surface area contributed by atoms with Crippen LogP contribution in [0.4, 0.5) is 0 Å². The minimum absolute atomic E-state index is 0.300. The maximum atomic E-state index is 10.8. The van der Waals surface area contributed by atoms with E-state index < -0.39 is 11.9 Å². The van der Waals surface area contributed by atoms with E-state index >= 15 is 0 Å². The molecule has 0 radical (unpaired) electrons. The minimum atomic E-state index is -1.26. The summed E-state index contributed by atoms with van der Waals surface area (Å²) < 4.78 is 4.95. The Morgan fingerprint density at radius 1 is 0.645 bits per heavy atom. The van der Waals surface area contributed by atoms with Crippen LogP contribution >= 0.6 is 0 Å². The van der Waals surface area contributed by atoms with Gasteiger partial charge in [-0.25, -0.2) is 14.4 Å². The summed E-state index contributed by atoms with van der Waals surface area (Å²) in [5.41, 5.74) is 0. The maximum absolute atomic E-state index is 10.8.